The van der Waals surface area contributed by atoms with E-state index < -0.39 is 28.9 Å². The Hall–Kier alpha value is -2.94. The molecule has 0 spiro atoms. The van der Waals surface area contributed by atoms with Crippen molar-refractivity contribution >= 4 is 11.6 Å². The number of hydrogen-bond donors (Lipinski definition) is 2. The predicted molar refractivity (Wildman–Crippen MR) is 67.1 cm³/mol. The maximum absolute atomic E-state index is 13.5. The maximum Gasteiger partial charge on any atom is 0.262 e. The van der Waals surface area contributed by atoms with E-state index in [2.05, 4.69) is 5.32 Å². The van der Waals surface area contributed by atoms with Gasteiger partial charge >= 0.3 is 0 Å². The number of hydrogen-bond acceptors (Lipinski definition) is 3. The Kier molecular flexibility index (Phi) is 3.62. The first-order chi connectivity index (χ1) is 9.52. The second kappa shape index (κ2) is 5.36. The van der Waals surface area contributed by atoms with Gasteiger partial charge in [-0.2, -0.15) is 5.26 Å². The lowest BCUT2D eigenvalue weighted by Crippen LogP contribution is -2.14. The third-order valence-electron chi connectivity index (χ3n) is 2.56. The zero-order valence-electron chi connectivity index (χ0n) is 10.0. The number of carbonyl (C=O) groups excluding carboxylic acids is 1. The molecule has 0 aliphatic heterocycles. The third-order valence-corrected chi connectivity index (χ3v) is 2.56. The van der Waals surface area contributed by atoms with Crippen LogP contribution in [0, 0.1) is 23.0 Å². The number of carbonyl (C=O) groups is 1. The Morgan fingerprint density at radius 3 is 2.60 bits per heavy atom. The first kappa shape index (κ1) is 13.5. The molecule has 2 aromatic carbocycles. The summed E-state index contributed by atoms with van der Waals surface area (Å²) in [6.07, 6.45) is 0. The molecule has 0 unspecified atom stereocenters. The molecular weight excluding hydrogens is 266 g/mol. The van der Waals surface area contributed by atoms with Gasteiger partial charge in [0, 0.05) is 5.69 Å². The number of phenols is 1. The van der Waals surface area contributed by atoms with E-state index in [0.717, 1.165) is 18.2 Å². The fraction of sp³-hybridized carbons (Fsp3) is 0. The molecule has 0 heterocycles. The van der Waals surface area contributed by atoms with Crippen LogP contribution in [0.2, 0.25) is 0 Å². The normalized spacial score (nSPS) is 9.85. The number of benzene rings is 2. The van der Waals surface area contributed by atoms with Gasteiger partial charge in [-0.05, 0) is 30.3 Å². The van der Waals surface area contributed by atoms with Gasteiger partial charge in [-0.3, -0.25) is 4.79 Å². The third kappa shape index (κ3) is 2.57. The lowest BCUT2D eigenvalue weighted by Gasteiger charge is -2.08. The van der Waals surface area contributed by atoms with Crippen LogP contribution in [0.1, 0.15) is 15.9 Å². The van der Waals surface area contributed by atoms with Crippen molar-refractivity contribution in [3.63, 3.8) is 0 Å². The monoisotopic (exact) mass is 274 g/mol. The zero-order valence-corrected chi connectivity index (χ0v) is 10.0. The molecule has 0 bridgehead atoms. The van der Waals surface area contributed by atoms with Crippen LogP contribution in [0.25, 0.3) is 0 Å². The van der Waals surface area contributed by atoms with Crippen molar-refractivity contribution in [3.8, 4) is 11.8 Å². The summed E-state index contributed by atoms with van der Waals surface area (Å²) in [6.45, 7) is 0. The summed E-state index contributed by atoms with van der Waals surface area (Å²) in [4.78, 5) is 11.9. The summed E-state index contributed by atoms with van der Waals surface area (Å²) in [5.74, 6) is -3.01. The molecule has 0 radical (unpaired) electrons. The molecule has 100 valence electrons. The Bertz CT molecular complexity index is 703. The SMILES string of the molecule is N#Cc1cc(NC(=O)c2c(O)cccc2F)ccc1F. The zero-order chi connectivity index (χ0) is 14.7. The fourth-order valence-electron chi connectivity index (χ4n) is 1.62. The molecular formula is C14H8F2N2O2. The van der Waals surface area contributed by atoms with Crippen molar-refractivity contribution in [3.05, 3.63) is 59.2 Å². The van der Waals surface area contributed by atoms with Crippen LogP contribution in [0.15, 0.2) is 36.4 Å². The maximum atomic E-state index is 13.5. The van der Waals surface area contributed by atoms with E-state index in [9.17, 15) is 18.7 Å². The van der Waals surface area contributed by atoms with Crippen molar-refractivity contribution in [2.24, 2.45) is 0 Å². The van der Waals surface area contributed by atoms with Gasteiger partial charge in [0.05, 0.1) is 5.56 Å². The number of rotatable bonds is 2. The average Bonchev–Trinajstić information content (AvgIpc) is 2.40. The molecule has 0 saturated heterocycles. The smallest absolute Gasteiger partial charge is 0.262 e. The summed E-state index contributed by atoms with van der Waals surface area (Å²) in [7, 11) is 0. The van der Waals surface area contributed by atoms with Crippen LogP contribution < -0.4 is 5.32 Å². The highest BCUT2D eigenvalue weighted by molar-refractivity contribution is 6.06. The Labute approximate surface area is 112 Å². The Morgan fingerprint density at radius 2 is 1.95 bits per heavy atom. The van der Waals surface area contributed by atoms with Gasteiger partial charge in [-0.1, -0.05) is 6.07 Å². The van der Waals surface area contributed by atoms with Gasteiger partial charge in [-0.25, -0.2) is 8.78 Å². The van der Waals surface area contributed by atoms with Crippen molar-refractivity contribution in [2.45, 2.75) is 0 Å². The van der Waals surface area contributed by atoms with E-state index in [1.807, 2.05) is 0 Å². The van der Waals surface area contributed by atoms with Crippen LogP contribution in [-0.2, 0) is 0 Å². The second-order valence-electron chi connectivity index (χ2n) is 3.89. The minimum Gasteiger partial charge on any atom is -0.507 e. The summed E-state index contributed by atoms with van der Waals surface area (Å²) in [5.41, 5.74) is -0.647. The molecule has 0 atom stereocenters. The standard InChI is InChI=1S/C14H8F2N2O2/c15-10-5-4-9(6-8(10)7-17)18-14(20)13-11(16)2-1-3-12(13)19/h1-6,19H,(H,18,20). The quantitative estimate of drug-likeness (QED) is 0.884. The van der Waals surface area contributed by atoms with Gasteiger partial charge in [0.15, 0.2) is 0 Å². The van der Waals surface area contributed by atoms with E-state index in [1.165, 1.54) is 18.2 Å². The van der Waals surface area contributed by atoms with Gasteiger partial charge in [0.2, 0.25) is 0 Å². The Balaban J connectivity index is 2.31. The number of nitriles is 1. The lowest BCUT2D eigenvalue weighted by atomic mass is 10.1. The minimum atomic E-state index is -0.893. The van der Waals surface area contributed by atoms with Gasteiger partial charge in [0.1, 0.15) is 29.0 Å². The van der Waals surface area contributed by atoms with E-state index >= 15 is 0 Å². The molecule has 0 aromatic heterocycles. The van der Waals surface area contributed by atoms with E-state index in [1.54, 1.807) is 6.07 Å². The lowest BCUT2D eigenvalue weighted by molar-refractivity contribution is 0.102. The van der Waals surface area contributed by atoms with Gasteiger partial charge in [0.25, 0.3) is 5.91 Å². The first-order valence-corrected chi connectivity index (χ1v) is 5.51. The molecule has 0 saturated carbocycles. The van der Waals surface area contributed by atoms with Crippen molar-refractivity contribution < 1.29 is 18.7 Å². The molecule has 0 fully saturated rings. The van der Waals surface area contributed by atoms with Gasteiger partial charge in [-0.15, -0.1) is 0 Å². The van der Waals surface area contributed by atoms with Gasteiger partial charge < -0.3 is 10.4 Å². The van der Waals surface area contributed by atoms with E-state index in [4.69, 9.17) is 5.26 Å². The fourth-order valence-corrected chi connectivity index (χ4v) is 1.62. The number of halogens is 2. The summed E-state index contributed by atoms with van der Waals surface area (Å²) >= 11 is 0. The number of nitrogens with one attached hydrogen (secondary N) is 1. The summed E-state index contributed by atoms with van der Waals surface area (Å²) in [5, 5.41) is 20.4. The largest absolute Gasteiger partial charge is 0.507 e. The average molecular weight is 274 g/mol. The number of nitrogens with zero attached hydrogens (tertiary/aromatic N) is 1. The van der Waals surface area contributed by atoms with Crippen LogP contribution in [0.3, 0.4) is 0 Å². The van der Waals surface area contributed by atoms with Crippen molar-refractivity contribution in [1.82, 2.24) is 0 Å². The second-order valence-corrected chi connectivity index (χ2v) is 3.89. The predicted octanol–water partition coefficient (Wildman–Crippen LogP) is 2.79. The van der Waals surface area contributed by atoms with E-state index in [0.29, 0.717) is 0 Å². The molecule has 0 aliphatic carbocycles. The molecule has 0 aliphatic rings. The van der Waals surface area contributed by atoms with Crippen LogP contribution in [-0.4, -0.2) is 11.0 Å². The number of phenolic OH excluding ortho intramolecular Hbond substituents is 1. The molecule has 2 rings (SSSR count). The molecule has 6 heteroatoms. The molecule has 1 amide bonds. The highest BCUT2D eigenvalue weighted by Gasteiger charge is 2.17. The number of amides is 1. The number of aromatic hydroxyl groups is 1. The molecule has 2 aromatic rings. The Morgan fingerprint density at radius 1 is 1.20 bits per heavy atom. The highest BCUT2D eigenvalue weighted by atomic mass is 19.1. The molecule has 2 N–H and O–H groups in total. The van der Waals surface area contributed by atoms with Crippen LogP contribution in [0.5, 0.6) is 5.75 Å². The highest BCUT2D eigenvalue weighted by Crippen LogP contribution is 2.22. The summed E-state index contributed by atoms with van der Waals surface area (Å²) < 4.78 is 26.6. The van der Waals surface area contributed by atoms with Crippen molar-refractivity contribution in [2.75, 3.05) is 5.32 Å². The van der Waals surface area contributed by atoms with Crippen LogP contribution >= 0.6 is 0 Å². The molecule has 20 heavy (non-hydrogen) atoms. The minimum absolute atomic E-state index is 0.121. The summed E-state index contributed by atoms with van der Waals surface area (Å²) in [6, 6.07) is 8.43. The van der Waals surface area contributed by atoms with Crippen LogP contribution in [0.4, 0.5) is 14.5 Å². The van der Waals surface area contributed by atoms with Crippen molar-refractivity contribution in [1.29, 1.82) is 5.26 Å². The topological polar surface area (TPSA) is 73.1 Å². The number of anilines is 1. The first-order valence-electron chi connectivity index (χ1n) is 5.51. The molecule has 4 nitrogen and oxygen atoms in total. The van der Waals surface area contributed by atoms with E-state index in [-0.39, 0.29) is 11.3 Å².